The summed E-state index contributed by atoms with van der Waals surface area (Å²) in [7, 11) is -0.712. The Bertz CT molecular complexity index is 1260. The third-order valence-electron chi connectivity index (χ3n) is 5.98. The number of sulfonamides is 1. The average Bonchev–Trinajstić information content (AvgIpc) is 3.15. The van der Waals surface area contributed by atoms with Gasteiger partial charge in [0.2, 0.25) is 0 Å². The highest BCUT2D eigenvalue weighted by Crippen LogP contribution is 2.26. The van der Waals surface area contributed by atoms with Crippen LogP contribution in [-0.4, -0.2) is 59.6 Å². The third-order valence-corrected chi connectivity index (χ3v) is 7.36. The normalized spacial score (nSPS) is 14.2. The van der Waals surface area contributed by atoms with Crippen molar-refractivity contribution in [3.63, 3.8) is 0 Å². The number of ether oxygens (including phenoxy) is 2. The molecule has 1 saturated heterocycles. The fourth-order valence-corrected chi connectivity index (χ4v) is 5.13. The molecule has 0 saturated carbocycles. The maximum Gasteiger partial charge on any atom is 0.262 e. The molecule has 3 aromatic carbocycles. The lowest BCUT2D eigenvalue weighted by Crippen LogP contribution is -2.35. The number of benzene rings is 3. The van der Waals surface area contributed by atoms with Gasteiger partial charge in [0.1, 0.15) is 11.5 Å². The summed E-state index contributed by atoms with van der Waals surface area (Å²) in [4.78, 5) is 17.3. The Balaban J connectivity index is 1.42. The van der Waals surface area contributed by atoms with Crippen molar-refractivity contribution in [1.82, 2.24) is 4.90 Å². The van der Waals surface area contributed by atoms with Crippen LogP contribution in [0, 0.1) is 0 Å². The molecule has 0 unspecified atom stereocenters. The molecule has 1 amide bonds. The zero-order valence-corrected chi connectivity index (χ0v) is 20.6. The van der Waals surface area contributed by atoms with Crippen LogP contribution in [0.25, 0.3) is 0 Å². The molecule has 8 nitrogen and oxygen atoms in total. The predicted molar refractivity (Wildman–Crippen MR) is 136 cm³/mol. The predicted octanol–water partition coefficient (Wildman–Crippen LogP) is 3.86. The maximum absolute atomic E-state index is 13.1. The van der Waals surface area contributed by atoms with Crippen LogP contribution in [-0.2, 0) is 10.0 Å². The first kappa shape index (κ1) is 24.4. The fourth-order valence-electron chi connectivity index (χ4n) is 4.06. The molecule has 1 heterocycles. The van der Waals surface area contributed by atoms with Gasteiger partial charge in [-0.3, -0.25) is 9.52 Å². The minimum absolute atomic E-state index is 0.0708. The Morgan fingerprint density at radius 2 is 1.54 bits per heavy atom. The molecular formula is C26H29N3O5S. The van der Waals surface area contributed by atoms with E-state index < -0.39 is 10.0 Å². The number of carbonyl (C=O) groups is 1. The number of nitrogens with one attached hydrogen (secondary N) is 1. The van der Waals surface area contributed by atoms with Crippen LogP contribution in [0.1, 0.15) is 16.8 Å². The number of amides is 1. The van der Waals surface area contributed by atoms with Crippen LogP contribution >= 0.6 is 0 Å². The number of methoxy groups -OCH3 is 2. The smallest absolute Gasteiger partial charge is 0.262 e. The second-order valence-corrected chi connectivity index (χ2v) is 9.84. The van der Waals surface area contributed by atoms with Gasteiger partial charge in [0.15, 0.2) is 0 Å². The van der Waals surface area contributed by atoms with Crippen LogP contribution in [0.15, 0.2) is 77.7 Å². The van der Waals surface area contributed by atoms with E-state index in [2.05, 4.69) is 9.62 Å². The van der Waals surface area contributed by atoms with Gasteiger partial charge < -0.3 is 19.3 Å². The summed E-state index contributed by atoms with van der Waals surface area (Å²) >= 11 is 0. The van der Waals surface area contributed by atoms with E-state index in [-0.39, 0.29) is 10.8 Å². The standard InChI is InChI=1S/C26H29N3O5S/c1-33-22-12-10-21(11-13-22)28-16-5-17-29(19-18-28)26(30)20-8-14-23(15-9-20)35(31,32)27-24-6-3-4-7-25(24)34-2/h3-4,6-15,27H,5,16-19H2,1-2H3. The molecule has 3 aromatic rings. The molecule has 0 bridgehead atoms. The van der Waals surface area contributed by atoms with Crippen molar-refractivity contribution in [1.29, 1.82) is 0 Å². The molecular weight excluding hydrogens is 466 g/mol. The van der Waals surface area contributed by atoms with Gasteiger partial charge in [0.25, 0.3) is 15.9 Å². The number of para-hydroxylation sites is 2. The molecule has 9 heteroatoms. The minimum Gasteiger partial charge on any atom is -0.497 e. The summed E-state index contributed by atoms with van der Waals surface area (Å²) in [6, 6.07) is 20.7. The Morgan fingerprint density at radius 1 is 0.829 bits per heavy atom. The van der Waals surface area contributed by atoms with Crippen molar-refractivity contribution in [2.24, 2.45) is 0 Å². The first-order chi connectivity index (χ1) is 16.9. The summed E-state index contributed by atoms with van der Waals surface area (Å²) in [6.45, 7) is 2.79. The van der Waals surface area contributed by atoms with Crippen LogP contribution in [0.5, 0.6) is 11.5 Å². The number of hydrogen-bond acceptors (Lipinski definition) is 6. The molecule has 184 valence electrons. The molecule has 1 N–H and O–H groups in total. The highest BCUT2D eigenvalue weighted by Gasteiger charge is 2.22. The van der Waals surface area contributed by atoms with Gasteiger partial charge in [-0.1, -0.05) is 12.1 Å². The van der Waals surface area contributed by atoms with Crippen molar-refractivity contribution < 1.29 is 22.7 Å². The van der Waals surface area contributed by atoms with Gasteiger partial charge in [0, 0.05) is 37.4 Å². The molecule has 4 rings (SSSR count). The summed E-state index contributed by atoms with van der Waals surface area (Å²) in [5.41, 5.74) is 1.90. The van der Waals surface area contributed by atoms with Gasteiger partial charge in [-0.15, -0.1) is 0 Å². The Kier molecular flexibility index (Phi) is 7.45. The van der Waals surface area contributed by atoms with Crippen molar-refractivity contribution in [3.8, 4) is 11.5 Å². The Labute approximate surface area is 206 Å². The van der Waals surface area contributed by atoms with E-state index in [1.165, 1.54) is 19.2 Å². The molecule has 0 radical (unpaired) electrons. The van der Waals surface area contributed by atoms with E-state index in [0.717, 1.165) is 24.4 Å². The summed E-state index contributed by atoms with van der Waals surface area (Å²) in [6.07, 6.45) is 0.840. The first-order valence-corrected chi connectivity index (χ1v) is 12.8. The average molecular weight is 496 g/mol. The fraction of sp³-hybridized carbons (Fsp3) is 0.269. The molecule has 1 aliphatic heterocycles. The highest BCUT2D eigenvalue weighted by atomic mass is 32.2. The highest BCUT2D eigenvalue weighted by molar-refractivity contribution is 7.92. The molecule has 35 heavy (non-hydrogen) atoms. The molecule has 0 atom stereocenters. The van der Waals surface area contributed by atoms with Crippen molar-refractivity contribution >= 4 is 27.3 Å². The Hall–Kier alpha value is -3.72. The van der Waals surface area contributed by atoms with E-state index in [9.17, 15) is 13.2 Å². The van der Waals surface area contributed by atoms with Gasteiger partial charge in [-0.25, -0.2) is 8.42 Å². The summed E-state index contributed by atoms with van der Waals surface area (Å²) < 4.78 is 38.7. The second-order valence-electron chi connectivity index (χ2n) is 8.16. The number of hydrogen-bond donors (Lipinski definition) is 1. The van der Waals surface area contributed by atoms with Crippen LogP contribution < -0.4 is 19.1 Å². The first-order valence-electron chi connectivity index (χ1n) is 11.4. The SMILES string of the molecule is COc1ccc(N2CCCN(C(=O)c3ccc(S(=O)(=O)Nc4ccccc4OC)cc3)CC2)cc1. The van der Waals surface area contributed by atoms with Gasteiger partial charge in [0.05, 0.1) is 24.8 Å². The number of nitrogens with zero attached hydrogens (tertiary/aromatic N) is 2. The van der Waals surface area contributed by atoms with E-state index in [4.69, 9.17) is 9.47 Å². The lowest BCUT2D eigenvalue weighted by atomic mass is 10.2. The quantitative estimate of drug-likeness (QED) is 0.536. The molecule has 0 aliphatic carbocycles. The molecule has 1 aliphatic rings. The monoisotopic (exact) mass is 495 g/mol. The van der Waals surface area contributed by atoms with Crippen LogP contribution in [0.3, 0.4) is 0 Å². The van der Waals surface area contributed by atoms with Gasteiger partial charge in [-0.2, -0.15) is 0 Å². The molecule has 1 fully saturated rings. The van der Waals surface area contributed by atoms with E-state index >= 15 is 0 Å². The minimum atomic E-state index is -3.83. The topological polar surface area (TPSA) is 88.2 Å². The zero-order valence-electron chi connectivity index (χ0n) is 19.8. The van der Waals surface area contributed by atoms with E-state index in [0.29, 0.717) is 36.6 Å². The molecule has 0 spiro atoms. The maximum atomic E-state index is 13.1. The van der Waals surface area contributed by atoms with Crippen molar-refractivity contribution in [2.45, 2.75) is 11.3 Å². The van der Waals surface area contributed by atoms with Crippen LogP contribution in [0.4, 0.5) is 11.4 Å². The van der Waals surface area contributed by atoms with Gasteiger partial charge in [-0.05, 0) is 67.1 Å². The van der Waals surface area contributed by atoms with Gasteiger partial charge >= 0.3 is 0 Å². The lowest BCUT2D eigenvalue weighted by Gasteiger charge is -2.24. The second kappa shape index (κ2) is 10.7. The molecule has 0 aromatic heterocycles. The van der Waals surface area contributed by atoms with Crippen molar-refractivity contribution in [3.05, 3.63) is 78.4 Å². The zero-order chi connectivity index (χ0) is 24.8. The van der Waals surface area contributed by atoms with Crippen molar-refractivity contribution in [2.75, 3.05) is 50.0 Å². The van der Waals surface area contributed by atoms with Crippen LogP contribution in [0.2, 0.25) is 0 Å². The van der Waals surface area contributed by atoms with E-state index in [1.807, 2.05) is 29.2 Å². The number of anilines is 2. The number of carbonyl (C=O) groups excluding carboxylic acids is 1. The largest absolute Gasteiger partial charge is 0.497 e. The number of rotatable bonds is 7. The summed E-state index contributed by atoms with van der Waals surface area (Å²) in [5, 5.41) is 0. The third kappa shape index (κ3) is 5.68. The summed E-state index contributed by atoms with van der Waals surface area (Å²) in [5.74, 6) is 1.12. The lowest BCUT2D eigenvalue weighted by molar-refractivity contribution is 0.0767. The Morgan fingerprint density at radius 3 is 2.23 bits per heavy atom. The van der Waals surface area contributed by atoms with E-state index in [1.54, 1.807) is 43.5 Å².